The smallest absolute Gasteiger partial charge is 0.258 e. The average molecular weight is 429 g/mol. The van der Waals surface area contributed by atoms with Gasteiger partial charge in [-0.05, 0) is 55.3 Å². The summed E-state index contributed by atoms with van der Waals surface area (Å²) in [6.45, 7) is 1.34. The van der Waals surface area contributed by atoms with E-state index in [1.54, 1.807) is 46.1 Å². The van der Waals surface area contributed by atoms with Crippen molar-refractivity contribution in [2.75, 3.05) is 13.2 Å². The van der Waals surface area contributed by atoms with E-state index in [-0.39, 0.29) is 24.1 Å². The summed E-state index contributed by atoms with van der Waals surface area (Å²) in [5.41, 5.74) is 1.83. The summed E-state index contributed by atoms with van der Waals surface area (Å²) >= 11 is 0. The van der Waals surface area contributed by atoms with Gasteiger partial charge >= 0.3 is 0 Å². The number of aromatic amines is 1. The summed E-state index contributed by atoms with van der Waals surface area (Å²) in [7, 11) is 0. The molecule has 1 N–H and O–H groups in total. The lowest BCUT2D eigenvalue weighted by Crippen LogP contribution is -2.37. The number of para-hydroxylation sites is 1. The van der Waals surface area contributed by atoms with E-state index < -0.39 is 0 Å². The zero-order chi connectivity index (χ0) is 21.9. The Morgan fingerprint density at radius 3 is 2.75 bits per heavy atom. The lowest BCUT2D eigenvalue weighted by molar-refractivity contribution is 0.0501. The van der Waals surface area contributed by atoms with Gasteiger partial charge < -0.3 is 14.6 Å². The van der Waals surface area contributed by atoms with Gasteiger partial charge in [0.15, 0.2) is 0 Å². The molecular formula is C24H23N5O3. The Balaban J connectivity index is 1.42. The Morgan fingerprint density at radius 1 is 1.16 bits per heavy atom. The lowest BCUT2D eigenvalue weighted by atomic mass is 10.1. The summed E-state index contributed by atoms with van der Waals surface area (Å²) in [6.07, 6.45) is 5.43. The number of hydrogen-bond donors (Lipinski definition) is 1. The van der Waals surface area contributed by atoms with Crippen LogP contribution in [0.2, 0.25) is 0 Å². The standard InChI is InChI=1S/C24H23N5O3/c30-23-20-6-1-2-7-21(20)26-22(27-23)16-28(15-19-5-3-14-32-19)24(31)17-8-10-18(11-9-17)29-13-4-12-25-29/h1-2,4,6-13,19H,3,5,14-16H2,(H,26,27,30)/t19-/m1/s1. The summed E-state index contributed by atoms with van der Waals surface area (Å²) in [4.78, 5) is 35.0. The molecule has 1 aliphatic heterocycles. The second-order valence-corrected chi connectivity index (χ2v) is 7.85. The van der Waals surface area contributed by atoms with Gasteiger partial charge in [0.05, 0.1) is 29.2 Å². The third-order valence-corrected chi connectivity index (χ3v) is 5.62. The molecule has 1 aliphatic rings. The van der Waals surface area contributed by atoms with Gasteiger partial charge in [0.25, 0.3) is 11.5 Å². The number of H-pyrrole nitrogens is 1. The number of rotatable bonds is 6. The predicted molar refractivity (Wildman–Crippen MR) is 120 cm³/mol. The fourth-order valence-electron chi connectivity index (χ4n) is 4.00. The highest BCUT2D eigenvalue weighted by Crippen LogP contribution is 2.18. The van der Waals surface area contributed by atoms with Crippen LogP contribution in [0.15, 0.2) is 71.8 Å². The molecule has 0 unspecified atom stereocenters. The highest BCUT2D eigenvalue weighted by molar-refractivity contribution is 5.94. The van der Waals surface area contributed by atoms with Crippen molar-refractivity contribution in [2.45, 2.75) is 25.5 Å². The van der Waals surface area contributed by atoms with Crippen LogP contribution in [-0.4, -0.2) is 49.8 Å². The second-order valence-electron chi connectivity index (χ2n) is 7.85. The van der Waals surface area contributed by atoms with Crippen LogP contribution in [0.25, 0.3) is 16.6 Å². The van der Waals surface area contributed by atoms with Crippen molar-refractivity contribution in [3.8, 4) is 5.69 Å². The Kier molecular flexibility index (Phi) is 5.51. The van der Waals surface area contributed by atoms with Crippen molar-refractivity contribution in [3.63, 3.8) is 0 Å². The van der Waals surface area contributed by atoms with Crippen LogP contribution in [0.1, 0.15) is 29.0 Å². The van der Waals surface area contributed by atoms with Crippen molar-refractivity contribution < 1.29 is 9.53 Å². The van der Waals surface area contributed by atoms with Crippen molar-refractivity contribution >= 4 is 16.8 Å². The fourth-order valence-corrected chi connectivity index (χ4v) is 4.00. The highest BCUT2D eigenvalue weighted by Gasteiger charge is 2.24. The van der Waals surface area contributed by atoms with Crippen LogP contribution in [0, 0.1) is 0 Å². The SMILES string of the molecule is O=C(c1ccc(-n2cccn2)cc1)N(Cc1nc2ccccc2c(=O)[nH]1)C[C@H]1CCCO1. The minimum absolute atomic E-state index is 0.0190. The molecule has 1 saturated heterocycles. The van der Waals surface area contributed by atoms with Gasteiger partial charge in [-0.2, -0.15) is 5.10 Å². The summed E-state index contributed by atoms with van der Waals surface area (Å²) in [5.74, 6) is 0.316. The van der Waals surface area contributed by atoms with Gasteiger partial charge in [0.1, 0.15) is 5.82 Å². The van der Waals surface area contributed by atoms with E-state index in [2.05, 4.69) is 15.1 Å². The Labute approximate surface area is 184 Å². The Hall–Kier alpha value is -3.78. The van der Waals surface area contributed by atoms with E-state index in [0.29, 0.717) is 35.4 Å². The molecule has 0 bridgehead atoms. The predicted octanol–water partition coefficient (Wildman–Crippen LogP) is 2.93. The zero-order valence-electron chi connectivity index (χ0n) is 17.5. The van der Waals surface area contributed by atoms with Crippen LogP contribution in [0.4, 0.5) is 0 Å². The van der Waals surface area contributed by atoms with E-state index in [1.807, 2.05) is 30.5 Å². The maximum absolute atomic E-state index is 13.4. The first-order valence-electron chi connectivity index (χ1n) is 10.7. The van der Waals surface area contributed by atoms with Crippen LogP contribution < -0.4 is 5.56 Å². The van der Waals surface area contributed by atoms with Crippen LogP contribution in [0.3, 0.4) is 0 Å². The van der Waals surface area contributed by atoms with Crippen molar-refractivity contribution in [1.82, 2.24) is 24.6 Å². The molecule has 0 spiro atoms. The molecule has 8 nitrogen and oxygen atoms in total. The van der Waals surface area contributed by atoms with E-state index in [9.17, 15) is 9.59 Å². The third-order valence-electron chi connectivity index (χ3n) is 5.62. The second kappa shape index (κ2) is 8.76. The molecule has 8 heteroatoms. The molecule has 0 radical (unpaired) electrons. The number of hydrogen-bond acceptors (Lipinski definition) is 5. The molecule has 0 saturated carbocycles. The number of benzene rings is 2. The molecule has 2 aromatic carbocycles. The minimum atomic E-state index is -0.210. The van der Waals surface area contributed by atoms with Gasteiger partial charge in [0, 0.05) is 31.1 Å². The maximum Gasteiger partial charge on any atom is 0.258 e. The average Bonchev–Trinajstić information content (AvgIpc) is 3.53. The van der Waals surface area contributed by atoms with Gasteiger partial charge in [0.2, 0.25) is 0 Å². The monoisotopic (exact) mass is 429 g/mol. The summed E-state index contributed by atoms with van der Waals surface area (Å²) < 4.78 is 7.51. The Bertz CT molecular complexity index is 1280. The summed E-state index contributed by atoms with van der Waals surface area (Å²) in [5, 5.41) is 4.75. The maximum atomic E-state index is 13.4. The molecule has 1 fully saturated rings. The first kappa shape index (κ1) is 20.1. The molecule has 0 aliphatic carbocycles. The van der Waals surface area contributed by atoms with Gasteiger partial charge in [-0.3, -0.25) is 9.59 Å². The first-order valence-corrected chi connectivity index (χ1v) is 10.7. The molecule has 3 heterocycles. The van der Waals surface area contributed by atoms with Crippen LogP contribution in [-0.2, 0) is 11.3 Å². The third kappa shape index (κ3) is 4.17. The fraction of sp³-hybridized carbons (Fsp3) is 0.250. The Morgan fingerprint density at radius 2 is 2.00 bits per heavy atom. The number of nitrogens with zero attached hydrogens (tertiary/aromatic N) is 4. The molecule has 4 aromatic rings. The normalized spacial score (nSPS) is 15.8. The number of nitrogens with one attached hydrogen (secondary N) is 1. The number of aromatic nitrogens is 4. The molecule has 32 heavy (non-hydrogen) atoms. The van der Waals surface area contributed by atoms with Crippen LogP contribution in [0.5, 0.6) is 0 Å². The number of fused-ring (bicyclic) bond motifs is 1. The van der Waals surface area contributed by atoms with Gasteiger partial charge in [-0.25, -0.2) is 9.67 Å². The van der Waals surface area contributed by atoms with Gasteiger partial charge in [-0.1, -0.05) is 12.1 Å². The van der Waals surface area contributed by atoms with E-state index >= 15 is 0 Å². The molecule has 162 valence electrons. The topological polar surface area (TPSA) is 93.1 Å². The number of ether oxygens (including phenoxy) is 1. The molecule has 1 atom stereocenters. The van der Waals surface area contributed by atoms with Crippen LogP contribution >= 0.6 is 0 Å². The first-order chi connectivity index (χ1) is 15.7. The van der Waals surface area contributed by atoms with Crippen molar-refractivity contribution in [1.29, 1.82) is 0 Å². The summed E-state index contributed by atoms with van der Waals surface area (Å²) in [6, 6.07) is 16.3. The molecule has 1 amide bonds. The van der Waals surface area contributed by atoms with E-state index in [4.69, 9.17) is 4.74 Å². The van der Waals surface area contributed by atoms with E-state index in [0.717, 1.165) is 18.5 Å². The number of carbonyl (C=O) groups is 1. The quantitative estimate of drug-likeness (QED) is 0.509. The molecule has 5 rings (SSSR count). The van der Waals surface area contributed by atoms with Gasteiger partial charge in [-0.15, -0.1) is 0 Å². The molecule has 2 aromatic heterocycles. The number of amides is 1. The largest absolute Gasteiger partial charge is 0.376 e. The minimum Gasteiger partial charge on any atom is -0.376 e. The highest BCUT2D eigenvalue weighted by atomic mass is 16.5. The zero-order valence-corrected chi connectivity index (χ0v) is 17.5. The lowest BCUT2D eigenvalue weighted by Gasteiger charge is -2.25. The van der Waals surface area contributed by atoms with E-state index in [1.165, 1.54) is 0 Å². The molecular weight excluding hydrogens is 406 g/mol. The van der Waals surface area contributed by atoms with Crippen molar-refractivity contribution in [2.24, 2.45) is 0 Å². The number of carbonyl (C=O) groups excluding carboxylic acids is 1. The van der Waals surface area contributed by atoms with Crippen molar-refractivity contribution in [3.05, 3.63) is 88.7 Å².